The van der Waals surface area contributed by atoms with Crippen LogP contribution in [0.25, 0.3) is 16.8 Å². The summed E-state index contributed by atoms with van der Waals surface area (Å²) in [6, 6.07) is 10.3. The van der Waals surface area contributed by atoms with Gasteiger partial charge in [-0.05, 0) is 61.9 Å². The molecule has 7 nitrogen and oxygen atoms in total. The van der Waals surface area contributed by atoms with Crippen molar-refractivity contribution in [3.8, 4) is 28.6 Å². The number of aryl methyl sites for hydroxylation is 1. The summed E-state index contributed by atoms with van der Waals surface area (Å²) in [5.41, 5.74) is 4.94. The van der Waals surface area contributed by atoms with Crippen molar-refractivity contribution in [1.82, 2.24) is 9.61 Å². The molecule has 0 N–H and O–H groups in total. The summed E-state index contributed by atoms with van der Waals surface area (Å²) in [5, 5.41) is 4.91. The van der Waals surface area contributed by atoms with Gasteiger partial charge in [0.1, 0.15) is 17.2 Å². The highest BCUT2D eigenvalue weighted by Gasteiger charge is 2.31. The Balaban J connectivity index is 1.66. The van der Waals surface area contributed by atoms with Gasteiger partial charge >= 0.3 is 0 Å². The van der Waals surface area contributed by atoms with Gasteiger partial charge in [-0.15, -0.1) is 5.10 Å². The first-order chi connectivity index (χ1) is 16.1. The Morgan fingerprint density at radius 2 is 1.73 bits per heavy atom. The Kier molecular flexibility index (Phi) is 6.06. The van der Waals surface area contributed by atoms with Gasteiger partial charge in [0.15, 0.2) is 0 Å². The van der Waals surface area contributed by atoms with E-state index in [2.05, 4.69) is 23.1 Å². The Labute approximate surface area is 195 Å². The van der Waals surface area contributed by atoms with Gasteiger partial charge in [0.2, 0.25) is 0 Å². The molecule has 3 aromatic rings. The van der Waals surface area contributed by atoms with E-state index in [1.165, 1.54) is 12.8 Å². The molecule has 1 atom stereocenters. The predicted molar refractivity (Wildman–Crippen MR) is 129 cm³/mol. The maximum atomic E-state index is 5.83. The minimum atomic E-state index is 0.531. The topological polar surface area (TPSA) is 57.5 Å². The van der Waals surface area contributed by atoms with Gasteiger partial charge in [-0.3, -0.25) is 0 Å². The SMILES string of the molecule is COc1cc(C)cc(OC)c1-c1cccc2c(N(CC3CC3)CC3CCOC3)c(OC)nn12. The molecule has 2 aliphatic rings. The Bertz CT molecular complexity index is 1110. The number of hydrogen-bond acceptors (Lipinski definition) is 6. The lowest BCUT2D eigenvalue weighted by Gasteiger charge is -2.27. The number of benzene rings is 1. The molecule has 0 radical (unpaired) electrons. The molecule has 3 heterocycles. The minimum absolute atomic E-state index is 0.531. The van der Waals surface area contributed by atoms with E-state index in [9.17, 15) is 0 Å². The lowest BCUT2D eigenvalue weighted by atomic mass is 10.0. The second-order valence-corrected chi connectivity index (χ2v) is 9.19. The summed E-state index contributed by atoms with van der Waals surface area (Å²) in [4.78, 5) is 2.48. The monoisotopic (exact) mass is 451 g/mol. The van der Waals surface area contributed by atoms with Crippen LogP contribution in [0.3, 0.4) is 0 Å². The number of pyridine rings is 1. The molecular formula is C26H33N3O4. The van der Waals surface area contributed by atoms with Crippen molar-refractivity contribution >= 4 is 11.2 Å². The quantitative estimate of drug-likeness (QED) is 0.474. The number of ether oxygens (including phenoxy) is 4. The molecule has 1 aliphatic carbocycles. The van der Waals surface area contributed by atoms with E-state index in [4.69, 9.17) is 24.0 Å². The lowest BCUT2D eigenvalue weighted by molar-refractivity contribution is 0.186. The van der Waals surface area contributed by atoms with E-state index in [-0.39, 0.29) is 0 Å². The smallest absolute Gasteiger partial charge is 0.257 e. The van der Waals surface area contributed by atoms with Crippen LogP contribution in [-0.4, -0.2) is 57.2 Å². The fourth-order valence-corrected chi connectivity index (χ4v) is 4.86. The number of methoxy groups -OCH3 is 3. The fourth-order valence-electron chi connectivity index (χ4n) is 4.86. The van der Waals surface area contributed by atoms with Gasteiger partial charge in [-0.2, -0.15) is 0 Å². The average molecular weight is 452 g/mol. The van der Waals surface area contributed by atoms with Crippen molar-refractivity contribution in [3.05, 3.63) is 35.9 Å². The Morgan fingerprint density at radius 1 is 1.00 bits per heavy atom. The number of anilines is 1. The fraction of sp³-hybridized carbons (Fsp3) is 0.500. The van der Waals surface area contributed by atoms with Crippen molar-refractivity contribution in [2.45, 2.75) is 26.2 Å². The molecule has 33 heavy (non-hydrogen) atoms. The van der Waals surface area contributed by atoms with Gasteiger partial charge in [0.05, 0.1) is 44.7 Å². The van der Waals surface area contributed by atoms with Crippen molar-refractivity contribution in [3.63, 3.8) is 0 Å². The van der Waals surface area contributed by atoms with Crippen molar-refractivity contribution in [2.24, 2.45) is 11.8 Å². The molecule has 0 bridgehead atoms. The van der Waals surface area contributed by atoms with Crippen molar-refractivity contribution < 1.29 is 18.9 Å². The Hall–Kier alpha value is -2.93. The zero-order chi connectivity index (χ0) is 22.9. The first-order valence-electron chi connectivity index (χ1n) is 11.7. The van der Waals surface area contributed by atoms with E-state index in [1.54, 1.807) is 21.3 Å². The highest BCUT2D eigenvalue weighted by Crippen LogP contribution is 2.43. The van der Waals surface area contributed by atoms with Gasteiger partial charge in [0, 0.05) is 25.6 Å². The summed E-state index contributed by atoms with van der Waals surface area (Å²) in [5.74, 6) is 3.44. The van der Waals surface area contributed by atoms with Gasteiger partial charge in [-0.1, -0.05) is 6.07 Å². The molecule has 1 aliphatic heterocycles. The number of hydrogen-bond donors (Lipinski definition) is 0. The molecule has 2 fully saturated rings. The molecular weight excluding hydrogens is 418 g/mol. The number of rotatable bonds is 9. The van der Waals surface area contributed by atoms with Crippen LogP contribution in [0.2, 0.25) is 0 Å². The predicted octanol–water partition coefficient (Wildman–Crippen LogP) is 4.59. The van der Waals surface area contributed by atoms with E-state index in [0.29, 0.717) is 11.8 Å². The van der Waals surface area contributed by atoms with Crippen LogP contribution in [0, 0.1) is 18.8 Å². The first-order valence-corrected chi connectivity index (χ1v) is 11.7. The molecule has 1 unspecified atom stereocenters. The summed E-state index contributed by atoms with van der Waals surface area (Å²) in [7, 11) is 5.08. The number of nitrogens with zero attached hydrogens (tertiary/aromatic N) is 3. The standard InChI is InChI=1S/C26H33N3O4/c1-17-12-22(30-2)24(23(13-17)31-3)20-6-5-7-21-25(26(32-4)27-29(20)21)28(14-18-8-9-18)15-19-10-11-33-16-19/h5-7,12-13,18-19H,8-11,14-16H2,1-4H3. The lowest BCUT2D eigenvalue weighted by Crippen LogP contribution is -2.32. The maximum Gasteiger partial charge on any atom is 0.257 e. The summed E-state index contributed by atoms with van der Waals surface area (Å²) in [6.07, 6.45) is 3.69. The van der Waals surface area contributed by atoms with Crippen LogP contribution in [0.5, 0.6) is 17.4 Å². The third-order valence-electron chi connectivity index (χ3n) is 6.69. The molecule has 7 heteroatoms. The third kappa shape index (κ3) is 4.22. The summed E-state index contributed by atoms with van der Waals surface area (Å²) >= 11 is 0. The van der Waals surface area contributed by atoms with E-state index in [0.717, 1.165) is 78.2 Å². The normalized spacial score (nSPS) is 18.0. The molecule has 1 aromatic carbocycles. The van der Waals surface area contributed by atoms with Crippen molar-refractivity contribution in [1.29, 1.82) is 0 Å². The number of aromatic nitrogens is 2. The Morgan fingerprint density at radius 3 is 2.33 bits per heavy atom. The largest absolute Gasteiger partial charge is 0.496 e. The zero-order valence-corrected chi connectivity index (χ0v) is 20.0. The van der Waals surface area contributed by atoms with Crippen molar-refractivity contribution in [2.75, 3.05) is 52.5 Å². The highest BCUT2D eigenvalue weighted by molar-refractivity contribution is 5.84. The third-order valence-corrected chi connectivity index (χ3v) is 6.69. The molecule has 1 saturated carbocycles. The minimum Gasteiger partial charge on any atom is -0.496 e. The molecule has 0 spiro atoms. The van der Waals surface area contributed by atoms with E-state index < -0.39 is 0 Å². The van der Waals surface area contributed by atoms with Crippen LogP contribution in [0.4, 0.5) is 5.69 Å². The average Bonchev–Trinajstić information content (AvgIpc) is 3.34. The second kappa shape index (κ2) is 9.14. The first kappa shape index (κ1) is 21.9. The summed E-state index contributed by atoms with van der Waals surface area (Å²) in [6.45, 7) is 5.69. The summed E-state index contributed by atoms with van der Waals surface area (Å²) < 4.78 is 25.0. The highest BCUT2D eigenvalue weighted by atomic mass is 16.5. The van der Waals surface area contributed by atoms with Crippen LogP contribution in [0.15, 0.2) is 30.3 Å². The van der Waals surface area contributed by atoms with E-state index >= 15 is 0 Å². The van der Waals surface area contributed by atoms with Crippen LogP contribution in [0.1, 0.15) is 24.8 Å². The van der Waals surface area contributed by atoms with Gasteiger partial charge in [0.25, 0.3) is 5.88 Å². The van der Waals surface area contributed by atoms with Gasteiger partial charge < -0.3 is 23.8 Å². The molecule has 0 amide bonds. The molecule has 5 rings (SSSR count). The molecule has 176 valence electrons. The van der Waals surface area contributed by atoms with Gasteiger partial charge in [-0.25, -0.2) is 4.52 Å². The van der Waals surface area contributed by atoms with Crippen LogP contribution >= 0.6 is 0 Å². The van der Waals surface area contributed by atoms with Crippen LogP contribution in [-0.2, 0) is 4.74 Å². The maximum absolute atomic E-state index is 5.83. The zero-order valence-electron chi connectivity index (χ0n) is 20.0. The molecule has 1 saturated heterocycles. The second-order valence-electron chi connectivity index (χ2n) is 9.19. The van der Waals surface area contributed by atoms with E-state index in [1.807, 2.05) is 23.6 Å². The number of fused-ring (bicyclic) bond motifs is 1. The van der Waals surface area contributed by atoms with Crippen LogP contribution < -0.4 is 19.1 Å². The molecule has 2 aromatic heterocycles.